The number of hydrogen-bond acceptors (Lipinski definition) is 3. The number of carbonyl (C=O) groups is 2. The maximum Gasteiger partial charge on any atom is 0.329 e. The Balaban J connectivity index is 2.26. The summed E-state index contributed by atoms with van der Waals surface area (Å²) in [7, 11) is 0. The van der Waals surface area contributed by atoms with E-state index in [-0.39, 0.29) is 12.5 Å². The zero-order chi connectivity index (χ0) is 16.8. The van der Waals surface area contributed by atoms with Crippen molar-refractivity contribution in [1.29, 1.82) is 0 Å². The lowest BCUT2D eigenvalue weighted by atomic mass is 9.61. The highest BCUT2D eigenvalue weighted by atomic mass is 35.5. The molecule has 122 valence electrons. The zero-order valence-electron chi connectivity index (χ0n) is 13.5. The van der Waals surface area contributed by atoms with E-state index < -0.39 is 16.3 Å². The maximum absolute atomic E-state index is 13.0. The Labute approximate surface area is 140 Å². The molecule has 0 fully saturated rings. The molecule has 5 heteroatoms. The first-order chi connectivity index (χ1) is 10.9. The van der Waals surface area contributed by atoms with Crippen LogP contribution in [-0.2, 0) is 19.7 Å². The first kappa shape index (κ1) is 16.1. The van der Waals surface area contributed by atoms with Crippen LogP contribution < -0.4 is 5.32 Å². The zero-order valence-corrected chi connectivity index (χ0v) is 14.3. The molecule has 1 spiro atoms. The van der Waals surface area contributed by atoms with Gasteiger partial charge in [0.15, 0.2) is 4.87 Å². The molecule has 1 amide bonds. The minimum absolute atomic E-state index is 0.228. The van der Waals surface area contributed by atoms with Gasteiger partial charge in [-0.2, -0.15) is 0 Å². The van der Waals surface area contributed by atoms with Crippen LogP contribution in [0.4, 0.5) is 5.69 Å². The van der Waals surface area contributed by atoms with E-state index in [1.807, 2.05) is 38.1 Å². The molecule has 0 saturated heterocycles. The molecule has 0 bridgehead atoms. The van der Waals surface area contributed by atoms with Crippen LogP contribution in [0.15, 0.2) is 35.4 Å². The number of alkyl halides is 1. The smallest absolute Gasteiger partial charge is 0.329 e. The number of nitrogens with one attached hydrogen (secondary N) is 1. The van der Waals surface area contributed by atoms with Crippen molar-refractivity contribution in [3.05, 3.63) is 41.0 Å². The summed E-state index contributed by atoms with van der Waals surface area (Å²) in [5.74, 6) is -0.756. The molecule has 4 nitrogen and oxygen atoms in total. The van der Waals surface area contributed by atoms with Gasteiger partial charge in [-0.15, -0.1) is 11.6 Å². The topological polar surface area (TPSA) is 55.4 Å². The molecule has 1 aromatic carbocycles. The van der Waals surface area contributed by atoms with Gasteiger partial charge in [-0.05, 0) is 45.2 Å². The van der Waals surface area contributed by atoms with Crippen molar-refractivity contribution in [3.63, 3.8) is 0 Å². The van der Waals surface area contributed by atoms with Crippen LogP contribution in [-0.4, -0.2) is 23.4 Å². The number of anilines is 1. The second-order valence-electron chi connectivity index (χ2n) is 6.34. The average Bonchev–Trinajstić information content (AvgIpc) is 2.79. The number of halogens is 1. The van der Waals surface area contributed by atoms with Gasteiger partial charge in [0.1, 0.15) is 5.41 Å². The van der Waals surface area contributed by atoms with Crippen molar-refractivity contribution in [2.24, 2.45) is 0 Å². The molecule has 0 aromatic heterocycles. The minimum atomic E-state index is -1.43. The summed E-state index contributed by atoms with van der Waals surface area (Å²) in [5.41, 5.74) is 2.51. The van der Waals surface area contributed by atoms with E-state index in [9.17, 15) is 9.59 Å². The highest BCUT2D eigenvalue weighted by molar-refractivity contribution is 6.38. The number of para-hydroxylation sites is 1. The molecule has 2 aliphatic rings. The SMILES string of the molecule is CCOC(=O)[C@]1(Cl)CC(C)=C(C)C[C@]12C(=O)Nc1ccccc12. The van der Waals surface area contributed by atoms with Crippen molar-refractivity contribution in [1.82, 2.24) is 0 Å². The Morgan fingerprint density at radius 1 is 1.26 bits per heavy atom. The molecule has 0 saturated carbocycles. The second-order valence-corrected chi connectivity index (χ2v) is 6.99. The predicted octanol–water partition coefficient (Wildman–Crippen LogP) is 3.55. The molecule has 0 radical (unpaired) electrons. The quantitative estimate of drug-likeness (QED) is 0.511. The normalized spacial score (nSPS) is 29.5. The standard InChI is InChI=1S/C18H20ClNO3/c1-4-23-16(22)18(19)10-12(3)11(2)9-17(18)13-7-5-6-8-14(13)20-15(17)21/h5-8H,4,9-10H2,1-3H3,(H,20,21)/t17-,18+/m0/s1. The predicted molar refractivity (Wildman–Crippen MR) is 89.6 cm³/mol. The number of rotatable bonds is 2. The number of ether oxygens (including phenoxy) is 1. The molecule has 1 aromatic rings. The van der Waals surface area contributed by atoms with E-state index in [1.54, 1.807) is 6.92 Å². The van der Waals surface area contributed by atoms with Crippen LogP contribution in [0.1, 0.15) is 39.2 Å². The van der Waals surface area contributed by atoms with Crippen LogP contribution in [0.2, 0.25) is 0 Å². The molecule has 1 N–H and O–H groups in total. The fourth-order valence-electron chi connectivity index (χ4n) is 3.73. The van der Waals surface area contributed by atoms with E-state index in [0.717, 1.165) is 22.4 Å². The van der Waals surface area contributed by atoms with E-state index in [2.05, 4.69) is 5.32 Å². The summed E-state index contributed by atoms with van der Waals surface area (Å²) < 4.78 is 5.24. The van der Waals surface area contributed by atoms with Crippen LogP contribution in [0.3, 0.4) is 0 Å². The van der Waals surface area contributed by atoms with Crippen molar-refractivity contribution < 1.29 is 14.3 Å². The van der Waals surface area contributed by atoms with E-state index in [4.69, 9.17) is 16.3 Å². The van der Waals surface area contributed by atoms with Crippen LogP contribution in [0.5, 0.6) is 0 Å². The lowest BCUT2D eigenvalue weighted by Crippen LogP contribution is -2.59. The van der Waals surface area contributed by atoms with Gasteiger partial charge in [-0.3, -0.25) is 9.59 Å². The van der Waals surface area contributed by atoms with E-state index in [0.29, 0.717) is 12.8 Å². The first-order valence-electron chi connectivity index (χ1n) is 7.79. The van der Waals surface area contributed by atoms with Gasteiger partial charge in [-0.1, -0.05) is 29.3 Å². The summed E-state index contributed by atoms with van der Waals surface area (Å²) in [4.78, 5) is 24.3. The van der Waals surface area contributed by atoms with Gasteiger partial charge in [-0.25, -0.2) is 0 Å². The van der Waals surface area contributed by atoms with Gasteiger partial charge < -0.3 is 10.1 Å². The highest BCUT2D eigenvalue weighted by Crippen LogP contribution is 2.57. The van der Waals surface area contributed by atoms with Gasteiger partial charge in [0.2, 0.25) is 5.91 Å². The monoisotopic (exact) mass is 333 g/mol. The Morgan fingerprint density at radius 3 is 2.61 bits per heavy atom. The highest BCUT2D eigenvalue weighted by Gasteiger charge is 2.66. The van der Waals surface area contributed by atoms with Crippen molar-refractivity contribution in [2.75, 3.05) is 11.9 Å². The molecular weight excluding hydrogens is 314 g/mol. The molecule has 0 unspecified atom stereocenters. The number of carbonyl (C=O) groups excluding carboxylic acids is 2. The second kappa shape index (κ2) is 5.38. The number of esters is 1. The number of fused-ring (bicyclic) bond motifs is 2. The molecule has 2 atom stereocenters. The average molecular weight is 334 g/mol. The Morgan fingerprint density at radius 2 is 1.91 bits per heavy atom. The maximum atomic E-state index is 13.0. The third kappa shape index (κ3) is 2.04. The molecule has 23 heavy (non-hydrogen) atoms. The lowest BCUT2D eigenvalue weighted by molar-refractivity contribution is -0.151. The summed E-state index contributed by atoms with van der Waals surface area (Å²) >= 11 is 6.88. The van der Waals surface area contributed by atoms with Crippen LogP contribution in [0.25, 0.3) is 0 Å². The van der Waals surface area contributed by atoms with Crippen LogP contribution >= 0.6 is 11.6 Å². The van der Waals surface area contributed by atoms with Crippen LogP contribution in [0, 0.1) is 0 Å². The third-order valence-electron chi connectivity index (χ3n) is 5.07. The van der Waals surface area contributed by atoms with E-state index in [1.165, 1.54) is 0 Å². The number of allylic oxidation sites excluding steroid dienone is 2. The van der Waals surface area contributed by atoms with Crippen molar-refractivity contribution >= 4 is 29.2 Å². The Hall–Kier alpha value is -1.81. The van der Waals surface area contributed by atoms with Crippen molar-refractivity contribution in [3.8, 4) is 0 Å². The summed E-state index contributed by atoms with van der Waals surface area (Å²) in [6.07, 6.45) is 0.727. The largest absolute Gasteiger partial charge is 0.465 e. The molecular formula is C18H20ClNO3. The fraction of sp³-hybridized carbons (Fsp3) is 0.444. The molecule has 3 rings (SSSR count). The summed E-state index contributed by atoms with van der Waals surface area (Å²) in [5, 5.41) is 2.89. The van der Waals surface area contributed by atoms with Gasteiger partial charge in [0.05, 0.1) is 6.61 Å². The molecule has 1 aliphatic carbocycles. The van der Waals surface area contributed by atoms with Gasteiger partial charge >= 0.3 is 5.97 Å². The number of benzene rings is 1. The third-order valence-corrected chi connectivity index (χ3v) is 5.68. The van der Waals surface area contributed by atoms with Crippen molar-refractivity contribution in [2.45, 2.75) is 43.9 Å². The minimum Gasteiger partial charge on any atom is -0.465 e. The number of amides is 1. The summed E-state index contributed by atoms with van der Waals surface area (Å²) in [6.45, 7) is 5.92. The van der Waals surface area contributed by atoms with Gasteiger partial charge in [0, 0.05) is 5.69 Å². The molecule has 1 aliphatic heterocycles. The Bertz CT molecular complexity index is 727. The molecule has 1 heterocycles. The number of hydrogen-bond donors (Lipinski definition) is 1. The Kier molecular flexibility index (Phi) is 3.75. The van der Waals surface area contributed by atoms with E-state index >= 15 is 0 Å². The van der Waals surface area contributed by atoms with Gasteiger partial charge in [0.25, 0.3) is 0 Å². The fourth-order valence-corrected chi connectivity index (χ4v) is 4.24. The lowest BCUT2D eigenvalue weighted by Gasteiger charge is -2.45. The summed E-state index contributed by atoms with van der Waals surface area (Å²) in [6, 6.07) is 7.43. The first-order valence-corrected chi connectivity index (χ1v) is 8.17.